The minimum Gasteiger partial charge on any atom is -0.393 e. The number of nitrogens with zero attached hydrogens (tertiary/aromatic N) is 1. The summed E-state index contributed by atoms with van der Waals surface area (Å²) in [5.41, 5.74) is 7.21. The van der Waals surface area contributed by atoms with Crippen molar-refractivity contribution in [2.24, 2.45) is 28.9 Å². The van der Waals surface area contributed by atoms with E-state index in [4.69, 9.17) is 5.73 Å². The molecule has 0 aromatic heterocycles. The molecule has 6 rings (SSSR count). The summed E-state index contributed by atoms with van der Waals surface area (Å²) < 4.78 is 13.4. The van der Waals surface area contributed by atoms with E-state index in [1.807, 2.05) is 0 Å². The zero-order valence-corrected chi connectivity index (χ0v) is 16.0. The van der Waals surface area contributed by atoms with Crippen LogP contribution in [0.25, 0.3) is 0 Å². The van der Waals surface area contributed by atoms with Gasteiger partial charge in [0.15, 0.2) is 5.78 Å². The van der Waals surface area contributed by atoms with Crippen molar-refractivity contribution in [3.63, 3.8) is 0 Å². The van der Waals surface area contributed by atoms with Gasteiger partial charge in [-0.15, -0.1) is 0 Å². The van der Waals surface area contributed by atoms with Gasteiger partial charge in [0, 0.05) is 11.3 Å². The molecular weight excluding hydrogens is 359 g/mol. The van der Waals surface area contributed by atoms with E-state index < -0.39 is 0 Å². The molecule has 140 valence electrons. The van der Waals surface area contributed by atoms with E-state index >= 15 is 0 Å². The molecule has 1 aliphatic heterocycles. The maximum Gasteiger partial charge on any atom is 0.153 e. The van der Waals surface area contributed by atoms with Crippen LogP contribution in [-0.4, -0.2) is 11.0 Å². The second kappa shape index (κ2) is 6.10. The summed E-state index contributed by atoms with van der Waals surface area (Å²) in [5, 5.41) is 9.76. The first-order chi connectivity index (χ1) is 13.0. The molecule has 1 heterocycles. The number of rotatable bonds is 3. The molecule has 27 heavy (non-hydrogen) atoms. The van der Waals surface area contributed by atoms with E-state index in [-0.39, 0.29) is 28.2 Å². The number of hydrogen-bond donors (Lipinski definition) is 1. The minimum absolute atomic E-state index is 0.226. The Balaban J connectivity index is 1.51. The number of nitriles is 1. The Bertz CT molecular complexity index is 834. The fourth-order valence-electron chi connectivity index (χ4n) is 6.63. The second-order valence-electron chi connectivity index (χ2n) is 9.02. The van der Waals surface area contributed by atoms with E-state index in [1.54, 1.807) is 12.1 Å². The molecule has 1 aromatic carbocycles. The predicted octanol–water partition coefficient (Wildman–Crippen LogP) is 4.50. The van der Waals surface area contributed by atoms with Gasteiger partial charge < -0.3 is 5.73 Å². The number of thioether (sulfide) groups is 1. The molecule has 2 N–H and O–H groups in total. The lowest BCUT2D eigenvalue weighted by Crippen LogP contribution is -2.52. The first-order valence-electron chi connectivity index (χ1n) is 9.85. The highest BCUT2D eigenvalue weighted by molar-refractivity contribution is 8.04. The van der Waals surface area contributed by atoms with Crippen LogP contribution >= 0.6 is 11.8 Å². The fraction of sp³-hybridized carbons (Fsp3) is 0.545. The van der Waals surface area contributed by atoms with Crippen molar-refractivity contribution in [1.29, 1.82) is 5.26 Å². The smallest absolute Gasteiger partial charge is 0.153 e. The topological polar surface area (TPSA) is 66.9 Å². The average Bonchev–Trinajstić information content (AvgIpc) is 2.96. The Morgan fingerprint density at radius 3 is 2.19 bits per heavy atom. The van der Waals surface area contributed by atoms with Gasteiger partial charge in [0.05, 0.1) is 21.9 Å². The number of carbonyl (C=O) groups excluding carboxylic acids is 1. The highest BCUT2D eigenvalue weighted by atomic mass is 32.2. The molecule has 0 radical (unpaired) electrons. The van der Waals surface area contributed by atoms with E-state index in [0.717, 1.165) is 24.8 Å². The van der Waals surface area contributed by atoms with Crippen LogP contribution in [0.1, 0.15) is 50.0 Å². The normalized spacial score (nSPS) is 39.6. The van der Waals surface area contributed by atoms with Crippen LogP contribution in [0.4, 0.5) is 4.39 Å². The highest BCUT2D eigenvalue weighted by Crippen LogP contribution is 2.62. The molecule has 3 nitrogen and oxygen atoms in total. The molecule has 4 fully saturated rings. The van der Waals surface area contributed by atoms with Crippen molar-refractivity contribution in [3.8, 4) is 6.07 Å². The largest absolute Gasteiger partial charge is 0.393 e. The number of halogens is 1. The standard InChI is InChI=1S/C22H23FN2OS/c23-16-3-1-15(2-4-16)18-17(11-24)21(25)27-19(18)20(26)22-8-12-5-13(9-22)7-14(6-12)10-22/h1-4,12-14,18-19H,5-10,25H2/t12?,13?,14?,18-,19-,22?/m1/s1. The van der Waals surface area contributed by atoms with Crippen molar-refractivity contribution in [2.75, 3.05) is 0 Å². The fourth-order valence-corrected chi connectivity index (χ4v) is 7.99. The third-order valence-electron chi connectivity index (χ3n) is 7.30. The van der Waals surface area contributed by atoms with Gasteiger partial charge >= 0.3 is 0 Å². The lowest BCUT2D eigenvalue weighted by molar-refractivity contribution is -0.143. The number of nitrogens with two attached hydrogens (primary N) is 1. The summed E-state index contributed by atoms with van der Waals surface area (Å²) in [6.07, 6.45) is 6.88. The van der Waals surface area contributed by atoms with Crippen LogP contribution in [0.2, 0.25) is 0 Å². The third-order valence-corrected chi connectivity index (χ3v) is 8.52. The van der Waals surface area contributed by atoms with E-state index in [0.29, 0.717) is 28.4 Å². The zero-order chi connectivity index (χ0) is 18.8. The number of carbonyl (C=O) groups is 1. The summed E-state index contributed by atoms with van der Waals surface area (Å²) in [6, 6.07) is 8.40. The lowest BCUT2D eigenvalue weighted by Gasteiger charge is -2.56. The van der Waals surface area contributed by atoms with Crippen molar-refractivity contribution >= 4 is 17.5 Å². The van der Waals surface area contributed by atoms with Crippen molar-refractivity contribution < 1.29 is 9.18 Å². The Kier molecular flexibility index (Phi) is 3.91. The van der Waals surface area contributed by atoms with E-state index in [9.17, 15) is 14.4 Å². The number of Topliss-reactive ketones (excluding diaryl/α,β-unsaturated/α-hetero) is 1. The van der Waals surface area contributed by atoms with Crippen LogP contribution < -0.4 is 5.73 Å². The highest BCUT2D eigenvalue weighted by Gasteiger charge is 2.57. The van der Waals surface area contributed by atoms with Crippen molar-refractivity contribution in [3.05, 3.63) is 46.2 Å². The Morgan fingerprint density at radius 1 is 1.11 bits per heavy atom. The molecule has 0 amide bonds. The van der Waals surface area contributed by atoms with Gasteiger partial charge in [-0.2, -0.15) is 5.26 Å². The Morgan fingerprint density at radius 2 is 1.67 bits per heavy atom. The SMILES string of the molecule is N#CC1=C(N)S[C@@H](C(=O)C23CC4CC(CC(C4)C2)C3)[C@@H]1c1ccc(F)cc1. The number of benzene rings is 1. The minimum atomic E-state index is -0.360. The molecule has 2 atom stereocenters. The monoisotopic (exact) mass is 382 g/mol. The first-order valence-corrected chi connectivity index (χ1v) is 10.7. The van der Waals surface area contributed by atoms with Gasteiger partial charge in [-0.25, -0.2) is 4.39 Å². The molecular formula is C22H23FN2OS. The zero-order valence-electron chi connectivity index (χ0n) is 15.2. The number of ketones is 1. The Hall–Kier alpha value is -1.80. The molecule has 4 bridgehead atoms. The molecule has 1 aromatic rings. The lowest BCUT2D eigenvalue weighted by atomic mass is 9.48. The number of allylic oxidation sites excluding steroid dienone is 1. The van der Waals surface area contributed by atoms with Gasteiger partial charge in [-0.1, -0.05) is 23.9 Å². The number of hydrogen-bond acceptors (Lipinski definition) is 4. The van der Waals surface area contributed by atoms with Crippen LogP contribution in [0.5, 0.6) is 0 Å². The molecule has 4 aliphatic carbocycles. The molecule has 5 heteroatoms. The van der Waals surface area contributed by atoms with E-state index in [1.165, 1.54) is 43.2 Å². The van der Waals surface area contributed by atoms with Crippen molar-refractivity contribution in [1.82, 2.24) is 0 Å². The van der Waals surface area contributed by atoms with Crippen LogP contribution in [0, 0.1) is 40.3 Å². The average molecular weight is 383 g/mol. The van der Waals surface area contributed by atoms with Gasteiger partial charge in [0.1, 0.15) is 5.82 Å². The van der Waals surface area contributed by atoms with Crippen LogP contribution in [0.15, 0.2) is 34.9 Å². The van der Waals surface area contributed by atoms with Crippen LogP contribution in [-0.2, 0) is 4.79 Å². The van der Waals surface area contributed by atoms with Gasteiger partial charge in [0.2, 0.25) is 0 Å². The van der Waals surface area contributed by atoms with Gasteiger partial charge in [-0.05, 0) is 74.0 Å². The van der Waals surface area contributed by atoms with Crippen molar-refractivity contribution in [2.45, 2.75) is 49.7 Å². The summed E-state index contributed by atoms with van der Waals surface area (Å²) in [6.45, 7) is 0. The second-order valence-corrected chi connectivity index (χ2v) is 10.2. The molecule has 0 unspecified atom stereocenters. The summed E-state index contributed by atoms with van der Waals surface area (Å²) in [4.78, 5) is 13.9. The summed E-state index contributed by atoms with van der Waals surface area (Å²) >= 11 is 1.35. The van der Waals surface area contributed by atoms with Gasteiger partial charge in [-0.3, -0.25) is 4.79 Å². The molecule has 4 saturated carbocycles. The van der Waals surface area contributed by atoms with E-state index in [2.05, 4.69) is 6.07 Å². The van der Waals surface area contributed by atoms with Gasteiger partial charge in [0.25, 0.3) is 0 Å². The quantitative estimate of drug-likeness (QED) is 0.835. The third kappa shape index (κ3) is 2.64. The molecule has 0 saturated heterocycles. The molecule has 5 aliphatic rings. The Labute approximate surface area is 163 Å². The maximum atomic E-state index is 13.9. The predicted molar refractivity (Wildman–Crippen MR) is 103 cm³/mol. The maximum absolute atomic E-state index is 13.9. The van der Waals surface area contributed by atoms with Crippen LogP contribution in [0.3, 0.4) is 0 Å². The molecule has 0 spiro atoms. The summed E-state index contributed by atoms with van der Waals surface area (Å²) in [5.74, 6) is 1.68. The summed E-state index contributed by atoms with van der Waals surface area (Å²) in [7, 11) is 0. The first kappa shape index (κ1) is 17.3.